The van der Waals surface area contributed by atoms with Crippen LogP contribution < -0.4 is 22.1 Å². The molecule has 0 radical (unpaired) electrons. The van der Waals surface area contributed by atoms with E-state index in [1.807, 2.05) is 0 Å². The molecule has 0 aromatic carbocycles. The lowest BCUT2D eigenvalue weighted by Crippen LogP contribution is -2.31. The SMILES string of the molecule is NC(N)=NCCCCNC1CCNC1. The molecule has 1 aliphatic heterocycles. The monoisotopic (exact) mass is 199 g/mol. The van der Waals surface area contributed by atoms with Crippen molar-refractivity contribution in [2.75, 3.05) is 26.2 Å². The number of guanidine groups is 1. The van der Waals surface area contributed by atoms with Crippen molar-refractivity contribution in [1.29, 1.82) is 0 Å². The zero-order valence-corrected chi connectivity index (χ0v) is 8.63. The Kier molecular flexibility index (Phi) is 5.32. The van der Waals surface area contributed by atoms with Gasteiger partial charge in [-0.15, -0.1) is 0 Å². The van der Waals surface area contributed by atoms with Crippen molar-refractivity contribution in [1.82, 2.24) is 10.6 Å². The fraction of sp³-hybridized carbons (Fsp3) is 0.889. The average Bonchev–Trinajstić information content (AvgIpc) is 2.63. The van der Waals surface area contributed by atoms with Gasteiger partial charge in [0.05, 0.1) is 0 Å². The first-order valence-corrected chi connectivity index (χ1v) is 5.28. The van der Waals surface area contributed by atoms with Gasteiger partial charge in [0, 0.05) is 19.1 Å². The van der Waals surface area contributed by atoms with E-state index in [9.17, 15) is 0 Å². The molecule has 82 valence electrons. The molecule has 5 nitrogen and oxygen atoms in total. The summed E-state index contributed by atoms with van der Waals surface area (Å²) in [7, 11) is 0. The van der Waals surface area contributed by atoms with E-state index in [1.165, 1.54) is 6.42 Å². The molecule has 1 saturated heterocycles. The lowest BCUT2D eigenvalue weighted by molar-refractivity contribution is 0.528. The maximum Gasteiger partial charge on any atom is 0.185 e. The molecule has 0 spiro atoms. The molecule has 0 aromatic rings. The Bertz CT molecular complexity index is 170. The second-order valence-corrected chi connectivity index (χ2v) is 3.66. The van der Waals surface area contributed by atoms with Gasteiger partial charge in [0.1, 0.15) is 0 Å². The number of nitrogens with one attached hydrogen (secondary N) is 2. The van der Waals surface area contributed by atoms with Gasteiger partial charge >= 0.3 is 0 Å². The first kappa shape index (κ1) is 11.3. The maximum atomic E-state index is 5.21. The molecule has 1 rings (SSSR count). The normalized spacial score (nSPS) is 21.0. The molecule has 1 aliphatic rings. The number of hydrogen-bond acceptors (Lipinski definition) is 3. The molecule has 5 heteroatoms. The first-order chi connectivity index (χ1) is 6.79. The first-order valence-electron chi connectivity index (χ1n) is 5.28. The number of unbranched alkanes of at least 4 members (excludes halogenated alkanes) is 1. The van der Waals surface area contributed by atoms with Gasteiger partial charge < -0.3 is 22.1 Å². The van der Waals surface area contributed by atoms with Crippen molar-refractivity contribution in [2.24, 2.45) is 16.5 Å². The summed E-state index contributed by atoms with van der Waals surface area (Å²) in [5.41, 5.74) is 10.4. The Hall–Kier alpha value is -0.810. The van der Waals surface area contributed by atoms with Crippen LogP contribution in [0.2, 0.25) is 0 Å². The Morgan fingerprint density at radius 3 is 2.93 bits per heavy atom. The molecular formula is C9H21N5. The van der Waals surface area contributed by atoms with Gasteiger partial charge in [-0.25, -0.2) is 0 Å². The smallest absolute Gasteiger partial charge is 0.185 e. The van der Waals surface area contributed by atoms with Crippen LogP contribution >= 0.6 is 0 Å². The minimum Gasteiger partial charge on any atom is -0.370 e. The van der Waals surface area contributed by atoms with E-state index in [0.29, 0.717) is 6.04 Å². The van der Waals surface area contributed by atoms with Crippen LogP contribution in [0.5, 0.6) is 0 Å². The second-order valence-electron chi connectivity index (χ2n) is 3.66. The number of aliphatic imine (C=N–C) groups is 1. The number of hydrogen-bond donors (Lipinski definition) is 4. The standard InChI is InChI=1S/C9H21N5/c10-9(11)14-5-2-1-4-13-8-3-6-12-7-8/h8,12-13H,1-7H2,(H4,10,11,14). The van der Waals surface area contributed by atoms with Crippen LogP contribution in [0.25, 0.3) is 0 Å². The van der Waals surface area contributed by atoms with Crippen LogP contribution in [-0.2, 0) is 0 Å². The Morgan fingerprint density at radius 1 is 1.43 bits per heavy atom. The minimum absolute atomic E-state index is 0.193. The van der Waals surface area contributed by atoms with Crippen LogP contribution in [0.4, 0.5) is 0 Å². The van der Waals surface area contributed by atoms with Crippen molar-refractivity contribution in [3.8, 4) is 0 Å². The zero-order chi connectivity index (χ0) is 10.2. The molecule has 1 heterocycles. The summed E-state index contributed by atoms with van der Waals surface area (Å²) in [5.74, 6) is 0.193. The molecular weight excluding hydrogens is 178 g/mol. The van der Waals surface area contributed by atoms with Crippen molar-refractivity contribution < 1.29 is 0 Å². The summed E-state index contributed by atoms with van der Waals surface area (Å²) in [6, 6.07) is 0.665. The largest absolute Gasteiger partial charge is 0.370 e. The molecule has 0 bridgehead atoms. The Morgan fingerprint density at radius 2 is 2.29 bits per heavy atom. The van der Waals surface area contributed by atoms with E-state index in [1.54, 1.807) is 0 Å². The van der Waals surface area contributed by atoms with Crippen molar-refractivity contribution in [2.45, 2.75) is 25.3 Å². The number of nitrogens with zero attached hydrogens (tertiary/aromatic N) is 1. The molecule has 0 amide bonds. The molecule has 0 aliphatic carbocycles. The lowest BCUT2D eigenvalue weighted by atomic mass is 10.2. The predicted octanol–water partition coefficient (Wildman–Crippen LogP) is -1.01. The highest BCUT2D eigenvalue weighted by atomic mass is 15.0. The van der Waals surface area contributed by atoms with Gasteiger partial charge in [-0.1, -0.05) is 0 Å². The Labute approximate surface area is 85.3 Å². The molecule has 0 saturated carbocycles. The van der Waals surface area contributed by atoms with Gasteiger partial charge in [-0.2, -0.15) is 0 Å². The van der Waals surface area contributed by atoms with E-state index in [0.717, 1.165) is 39.0 Å². The van der Waals surface area contributed by atoms with E-state index < -0.39 is 0 Å². The van der Waals surface area contributed by atoms with Gasteiger partial charge in [0.25, 0.3) is 0 Å². The predicted molar refractivity (Wildman–Crippen MR) is 59.2 cm³/mol. The fourth-order valence-electron chi connectivity index (χ4n) is 1.58. The maximum absolute atomic E-state index is 5.21. The lowest BCUT2D eigenvalue weighted by Gasteiger charge is -2.09. The molecule has 1 fully saturated rings. The summed E-state index contributed by atoms with van der Waals surface area (Å²) in [6.45, 7) is 4.05. The Balaban J connectivity index is 1.86. The summed E-state index contributed by atoms with van der Waals surface area (Å²) >= 11 is 0. The van der Waals surface area contributed by atoms with E-state index in [-0.39, 0.29) is 5.96 Å². The number of nitrogens with two attached hydrogens (primary N) is 2. The summed E-state index contributed by atoms with van der Waals surface area (Å²) in [5, 5.41) is 6.82. The number of rotatable bonds is 6. The molecule has 0 aromatic heterocycles. The quantitative estimate of drug-likeness (QED) is 0.251. The van der Waals surface area contributed by atoms with E-state index in [4.69, 9.17) is 11.5 Å². The van der Waals surface area contributed by atoms with Gasteiger partial charge in [0.2, 0.25) is 0 Å². The zero-order valence-electron chi connectivity index (χ0n) is 8.63. The molecule has 1 atom stereocenters. The minimum atomic E-state index is 0.193. The summed E-state index contributed by atoms with van der Waals surface area (Å²) in [4.78, 5) is 3.93. The van der Waals surface area contributed by atoms with Crippen molar-refractivity contribution in [3.63, 3.8) is 0 Å². The van der Waals surface area contributed by atoms with Gasteiger partial charge in [-0.05, 0) is 32.4 Å². The van der Waals surface area contributed by atoms with Gasteiger partial charge in [-0.3, -0.25) is 4.99 Å². The fourth-order valence-corrected chi connectivity index (χ4v) is 1.58. The average molecular weight is 199 g/mol. The van der Waals surface area contributed by atoms with Crippen molar-refractivity contribution in [3.05, 3.63) is 0 Å². The third kappa shape index (κ3) is 5.04. The third-order valence-electron chi connectivity index (χ3n) is 2.37. The van der Waals surface area contributed by atoms with Crippen molar-refractivity contribution >= 4 is 5.96 Å². The summed E-state index contributed by atoms with van der Waals surface area (Å²) in [6.07, 6.45) is 3.42. The van der Waals surface area contributed by atoms with E-state index >= 15 is 0 Å². The van der Waals surface area contributed by atoms with Gasteiger partial charge in [0.15, 0.2) is 5.96 Å². The van der Waals surface area contributed by atoms with Crippen LogP contribution in [0.1, 0.15) is 19.3 Å². The van der Waals surface area contributed by atoms with Crippen LogP contribution in [0, 0.1) is 0 Å². The second kappa shape index (κ2) is 6.62. The third-order valence-corrected chi connectivity index (χ3v) is 2.37. The molecule has 1 unspecified atom stereocenters. The van der Waals surface area contributed by atoms with Crippen LogP contribution in [-0.4, -0.2) is 38.2 Å². The van der Waals surface area contributed by atoms with E-state index in [2.05, 4.69) is 15.6 Å². The molecule has 14 heavy (non-hydrogen) atoms. The van der Waals surface area contributed by atoms with Crippen LogP contribution in [0.15, 0.2) is 4.99 Å². The molecule has 6 N–H and O–H groups in total. The van der Waals surface area contributed by atoms with Crippen LogP contribution in [0.3, 0.4) is 0 Å². The summed E-state index contributed by atoms with van der Waals surface area (Å²) < 4.78 is 0. The highest BCUT2D eigenvalue weighted by Gasteiger charge is 2.12. The topological polar surface area (TPSA) is 88.5 Å². The highest BCUT2D eigenvalue weighted by molar-refractivity contribution is 5.75. The highest BCUT2D eigenvalue weighted by Crippen LogP contribution is 1.97.